The van der Waals surface area contributed by atoms with Crippen molar-refractivity contribution in [3.05, 3.63) is 0 Å². The van der Waals surface area contributed by atoms with Crippen LogP contribution in [0.5, 0.6) is 0 Å². The molecule has 4 heterocycles. The van der Waals surface area contributed by atoms with Crippen LogP contribution in [0.3, 0.4) is 0 Å². The van der Waals surface area contributed by atoms with Gasteiger partial charge in [0, 0.05) is 73.8 Å². The molecule has 0 bridgehead atoms. The summed E-state index contributed by atoms with van der Waals surface area (Å²) in [6.07, 6.45) is 0.477. The van der Waals surface area contributed by atoms with Gasteiger partial charge in [-0.1, -0.05) is 74.7 Å². The Kier molecular flexibility index (Phi) is 28.7. The predicted octanol–water partition coefficient (Wildman–Crippen LogP) is 5.56. The summed E-state index contributed by atoms with van der Waals surface area (Å²) in [7, 11) is 8.57. The molecule has 0 radical (unpaired) electrons. The largest absolute Gasteiger partial charge is 0.393 e. The van der Waals surface area contributed by atoms with E-state index in [2.05, 4.69) is 16.0 Å². The third-order valence-corrected chi connectivity index (χ3v) is 22.5. The summed E-state index contributed by atoms with van der Waals surface area (Å²) in [5.74, 6) is -10.8. The summed E-state index contributed by atoms with van der Waals surface area (Å²) < 4.78 is 41.9. The highest BCUT2D eigenvalue weighted by molar-refractivity contribution is 6.21. The van der Waals surface area contributed by atoms with Crippen LogP contribution in [0.15, 0.2) is 0 Å². The molecule has 2 saturated carbocycles. The minimum Gasteiger partial charge on any atom is -0.343 e. The summed E-state index contributed by atoms with van der Waals surface area (Å²) in [5, 5.41) is 7.55. The zero-order chi connectivity index (χ0) is 73.2. The molecule has 28 heteroatoms. The van der Waals surface area contributed by atoms with Crippen LogP contribution in [-0.2, 0) is 57.5 Å². The maximum Gasteiger partial charge on any atom is 0.393 e. The fourth-order valence-corrected chi connectivity index (χ4v) is 15.8. The lowest BCUT2D eigenvalue weighted by molar-refractivity contribution is -0.182. The van der Waals surface area contributed by atoms with Gasteiger partial charge in [-0.2, -0.15) is 13.2 Å². The number of amides is 12. The number of likely N-dealkylation sites (N-methyl/N-ethyl adjacent to an activating group) is 6. The molecule has 2 aliphatic carbocycles. The molecule has 0 aromatic heterocycles. The van der Waals surface area contributed by atoms with E-state index in [1.165, 1.54) is 83.5 Å². The molecule has 1 spiro atoms. The van der Waals surface area contributed by atoms with Crippen molar-refractivity contribution >= 4 is 82.5 Å². The Labute approximate surface area is 583 Å². The summed E-state index contributed by atoms with van der Waals surface area (Å²) in [5.41, 5.74) is -1.56. The lowest BCUT2D eigenvalue weighted by atomic mass is 9.78. The molecule has 6 rings (SSSR count). The SMILES string of the molecule is CC[C@H](C)[C@@H]1NC(=O)[C@H](CC(C)C)N(C)C(=O)C[C@@H](C(=O)N2CCCCC2)N(C)C(=O)[C@H](C(C)C)N(C)C(=O)C2(CCCC2)NC(=O)[C@@H]2CCCN2C(=O)[C@H](CCC2CCC(C(F)(F)F)C(Cl)C2)NC(=O)CN(C)C(=O)[C@H](CCC(C)C)N(C)C(=O)[C@@H]2CCN2C(=O)[C@H](C)N(C)C1=O. The van der Waals surface area contributed by atoms with Gasteiger partial charge in [0.15, 0.2) is 0 Å². The average Bonchev–Trinajstić information content (AvgIpc) is 1.28. The van der Waals surface area contributed by atoms with Crippen molar-refractivity contribution in [2.24, 2.45) is 35.5 Å². The highest BCUT2D eigenvalue weighted by Gasteiger charge is 2.52. The van der Waals surface area contributed by atoms with Crippen LogP contribution >= 0.6 is 11.6 Å². The molecule has 12 amide bonds. The second-order valence-corrected chi connectivity index (χ2v) is 30.8. The molecule has 4 aliphatic heterocycles. The van der Waals surface area contributed by atoms with Gasteiger partial charge in [0.25, 0.3) is 0 Å². The number of carbonyl (C=O) groups is 12. The van der Waals surface area contributed by atoms with Gasteiger partial charge in [0.05, 0.1) is 18.9 Å². The fraction of sp³-hybridized carbons (Fsp3) is 0.829. The van der Waals surface area contributed by atoms with Crippen LogP contribution in [0.1, 0.15) is 191 Å². The van der Waals surface area contributed by atoms with Crippen LogP contribution in [0.25, 0.3) is 0 Å². The summed E-state index contributed by atoms with van der Waals surface area (Å²) in [4.78, 5) is 191. The first-order valence-corrected chi connectivity index (χ1v) is 36.4. The van der Waals surface area contributed by atoms with E-state index in [1.807, 2.05) is 34.6 Å². The Hall–Kier alpha value is -6.28. The maximum absolute atomic E-state index is 15.4. The number of fused-ring (bicyclic) bond motifs is 2. The van der Waals surface area contributed by atoms with E-state index in [4.69, 9.17) is 11.6 Å². The van der Waals surface area contributed by atoms with Gasteiger partial charge in [-0.3, -0.25) is 57.5 Å². The molecular formula is C70H114ClF3N12O12. The maximum atomic E-state index is 15.4. The van der Waals surface area contributed by atoms with E-state index in [-0.39, 0.29) is 101 Å². The average molecular weight is 1410 g/mol. The molecule has 6 fully saturated rings. The first kappa shape index (κ1) is 80.7. The zero-order valence-corrected chi connectivity index (χ0v) is 61.6. The van der Waals surface area contributed by atoms with E-state index >= 15 is 19.2 Å². The van der Waals surface area contributed by atoms with Crippen molar-refractivity contribution < 1.29 is 70.7 Å². The number of rotatable bonds is 12. The van der Waals surface area contributed by atoms with E-state index in [9.17, 15) is 51.5 Å². The number of hydrogen-bond acceptors (Lipinski definition) is 12. The number of carbonyl (C=O) groups excluding carboxylic acids is 12. The van der Waals surface area contributed by atoms with E-state index < -0.39 is 173 Å². The van der Waals surface area contributed by atoms with Crippen LogP contribution in [0.2, 0.25) is 0 Å². The molecule has 13 atom stereocenters. The molecule has 4 saturated heterocycles. The number of alkyl halides is 4. The van der Waals surface area contributed by atoms with Crippen LogP contribution in [0, 0.1) is 35.5 Å². The number of piperidine rings is 1. The van der Waals surface area contributed by atoms with Crippen molar-refractivity contribution in [1.82, 2.24) is 60.0 Å². The Bertz CT molecular complexity index is 2870. The third-order valence-electron chi connectivity index (χ3n) is 22.0. The highest BCUT2D eigenvalue weighted by Crippen LogP contribution is 2.44. The van der Waals surface area contributed by atoms with Gasteiger partial charge >= 0.3 is 6.18 Å². The van der Waals surface area contributed by atoms with Crippen molar-refractivity contribution in [1.29, 1.82) is 0 Å². The number of likely N-dealkylation sites (tertiary alicyclic amines) is 1. The second kappa shape index (κ2) is 34.9. The molecule has 0 aromatic rings. The van der Waals surface area contributed by atoms with Gasteiger partial charge in [-0.15, -0.1) is 11.6 Å². The van der Waals surface area contributed by atoms with Gasteiger partial charge in [0.2, 0.25) is 70.9 Å². The second-order valence-electron chi connectivity index (χ2n) is 30.3. The molecule has 0 aromatic carbocycles. The third kappa shape index (κ3) is 19.2. The van der Waals surface area contributed by atoms with E-state index in [0.717, 1.165) is 11.3 Å². The standard InChI is InChI=1S/C70H114ClF3N12O12/c1-16-44(8)57-66(96)79(11)45(9)61(91)86-36-30-52(86)64(94)81(13)51(29-24-41(2)3)63(93)78(10)40-55(87)75-49(28-26-46-25-27-47(48(71)38-46)70(72,73)74)62(92)85-35-22-23-50(85)60(90)77-69(31-18-19-32-69)68(98)83(15)58(43(6)7)67(97)82(14)54(65(95)84-33-20-17-21-34-84)39-56(88)80(12)53(37-42(4)5)59(89)76-57/h41-54,57-58H,16-40H2,1-15H3,(H,75,87)(H,76,89)(H,77,90)/t44-,45-,46?,47?,48?,49-,50-,51-,52-,53-,54-,57-,58-/m0/s1. The minimum absolute atomic E-state index is 0.00354. The van der Waals surface area contributed by atoms with E-state index in [0.29, 0.717) is 58.0 Å². The van der Waals surface area contributed by atoms with Crippen LogP contribution < -0.4 is 16.0 Å². The lowest BCUT2D eigenvalue weighted by Crippen LogP contribution is -2.65. The summed E-state index contributed by atoms with van der Waals surface area (Å²) in [6.45, 7) is 16.6. The number of halogens is 4. The highest BCUT2D eigenvalue weighted by atomic mass is 35.5. The monoisotopic (exact) mass is 1410 g/mol. The molecule has 98 heavy (non-hydrogen) atoms. The summed E-state index contributed by atoms with van der Waals surface area (Å²) >= 11 is 6.38. The molecule has 3 unspecified atom stereocenters. The minimum atomic E-state index is -4.51. The molecular weight excluding hydrogens is 1290 g/mol. The quantitative estimate of drug-likeness (QED) is 0.203. The normalized spacial score (nSPS) is 30.3. The van der Waals surface area contributed by atoms with Crippen molar-refractivity contribution in [2.75, 3.05) is 75.0 Å². The van der Waals surface area contributed by atoms with Gasteiger partial charge in [-0.25, -0.2) is 0 Å². The Morgan fingerprint density at radius 2 is 1.24 bits per heavy atom. The molecule has 3 N–H and O–H groups in total. The Morgan fingerprint density at radius 1 is 0.612 bits per heavy atom. The summed E-state index contributed by atoms with van der Waals surface area (Å²) in [6, 6.07) is -10.9. The number of hydrogen-bond donors (Lipinski definition) is 3. The fourth-order valence-electron chi connectivity index (χ4n) is 15.3. The Morgan fingerprint density at radius 3 is 1.81 bits per heavy atom. The molecule has 6 aliphatic rings. The van der Waals surface area contributed by atoms with Crippen LogP contribution in [-0.4, -0.2) is 261 Å². The number of nitrogens with zero attached hydrogens (tertiary/aromatic N) is 9. The van der Waals surface area contributed by atoms with Crippen molar-refractivity contribution in [3.63, 3.8) is 0 Å². The number of nitrogens with one attached hydrogen (secondary N) is 3. The first-order valence-electron chi connectivity index (χ1n) is 36.0. The molecule has 554 valence electrons. The van der Waals surface area contributed by atoms with E-state index in [1.54, 1.807) is 25.7 Å². The van der Waals surface area contributed by atoms with Gasteiger partial charge in [-0.05, 0) is 139 Å². The molecule has 24 nitrogen and oxygen atoms in total. The van der Waals surface area contributed by atoms with Gasteiger partial charge < -0.3 is 60.0 Å². The van der Waals surface area contributed by atoms with Crippen molar-refractivity contribution in [3.8, 4) is 0 Å². The van der Waals surface area contributed by atoms with Gasteiger partial charge in [0.1, 0.15) is 59.9 Å². The Balaban J connectivity index is 1.42. The lowest BCUT2D eigenvalue weighted by Gasteiger charge is -2.45. The topological polar surface area (TPSA) is 270 Å². The zero-order valence-electron chi connectivity index (χ0n) is 60.9. The first-order chi connectivity index (χ1) is 45.9. The predicted molar refractivity (Wildman–Crippen MR) is 363 cm³/mol. The van der Waals surface area contributed by atoms with Crippen molar-refractivity contribution in [2.45, 2.75) is 262 Å². The van der Waals surface area contributed by atoms with Crippen LogP contribution in [0.4, 0.5) is 13.2 Å². The smallest absolute Gasteiger partial charge is 0.343 e.